The normalized spacial score (nSPS) is 20.7. The van der Waals surface area contributed by atoms with Gasteiger partial charge in [0.25, 0.3) is 5.91 Å². The van der Waals surface area contributed by atoms with E-state index in [1.165, 1.54) is 28.8 Å². The van der Waals surface area contributed by atoms with Crippen LogP contribution in [0.2, 0.25) is 0 Å². The van der Waals surface area contributed by atoms with Gasteiger partial charge in [0.05, 0.1) is 40.1 Å². The fourth-order valence-electron chi connectivity index (χ4n) is 5.34. The Morgan fingerprint density at radius 2 is 1.76 bits per heavy atom. The summed E-state index contributed by atoms with van der Waals surface area (Å²) in [5.41, 5.74) is -1.75. The second-order valence-corrected chi connectivity index (χ2v) is 13.9. The number of aliphatic hydroxyl groups excluding tert-OH is 1. The summed E-state index contributed by atoms with van der Waals surface area (Å²) in [6.45, 7) is 1.19. The van der Waals surface area contributed by atoms with E-state index in [0.717, 1.165) is 17.0 Å². The van der Waals surface area contributed by atoms with Crippen molar-refractivity contribution in [1.82, 2.24) is 20.9 Å². The van der Waals surface area contributed by atoms with E-state index in [4.69, 9.17) is 0 Å². The molecule has 4 amide bonds. The molecule has 2 aromatic rings. The molecule has 1 aliphatic carbocycles. The Morgan fingerprint density at radius 1 is 1.07 bits per heavy atom. The van der Waals surface area contributed by atoms with Crippen LogP contribution in [0.4, 0.5) is 23.7 Å². The van der Waals surface area contributed by atoms with Crippen molar-refractivity contribution in [3.05, 3.63) is 53.6 Å². The van der Waals surface area contributed by atoms with Crippen LogP contribution in [0.15, 0.2) is 52.3 Å². The van der Waals surface area contributed by atoms with E-state index in [2.05, 4.69) is 21.3 Å². The molecule has 1 aliphatic heterocycles. The number of aliphatic hydroxyl groups is 1. The summed E-state index contributed by atoms with van der Waals surface area (Å²) in [6.07, 6.45) is -2.87. The van der Waals surface area contributed by atoms with Crippen LogP contribution in [0.3, 0.4) is 0 Å². The number of carbonyl (C=O) groups excluding carboxylic acids is 3. The number of sulfone groups is 1. The van der Waals surface area contributed by atoms with Crippen LogP contribution in [-0.4, -0.2) is 93.1 Å². The summed E-state index contributed by atoms with van der Waals surface area (Å²) in [5.74, 6) is -2.53. The summed E-state index contributed by atoms with van der Waals surface area (Å²) >= 11 is 1.47. The van der Waals surface area contributed by atoms with Crippen molar-refractivity contribution in [2.24, 2.45) is 5.92 Å². The predicted molar refractivity (Wildman–Crippen MR) is 163 cm³/mol. The fourth-order valence-corrected chi connectivity index (χ4v) is 7.46. The van der Waals surface area contributed by atoms with Gasteiger partial charge in [0.15, 0.2) is 9.84 Å². The number of hydrogen-bond donors (Lipinski definition) is 5. The third kappa shape index (κ3) is 9.34. The van der Waals surface area contributed by atoms with E-state index in [9.17, 15) is 41.1 Å². The van der Waals surface area contributed by atoms with E-state index in [0.29, 0.717) is 45.1 Å². The Kier molecular flexibility index (Phi) is 11.4. The van der Waals surface area contributed by atoms with Crippen LogP contribution in [0.1, 0.15) is 35.2 Å². The lowest BCUT2D eigenvalue weighted by Gasteiger charge is -2.34. The number of amides is 4. The number of piperazine rings is 1. The number of alkyl halides is 3. The third-order valence-electron chi connectivity index (χ3n) is 7.81. The van der Waals surface area contributed by atoms with Crippen molar-refractivity contribution in [2.75, 3.05) is 50.0 Å². The summed E-state index contributed by atoms with van der Waals surface area (Å²) < 4.78 is 66.6. The molecule has 11 nitrogen and oxygen atoms in total. The van der Waals surface area contributed by atoms with Crippen molar-refractivity contribution in [2.45, 2.75) is 47.4 Å². The summed E-state index contributed by atoms with van der Waals surface area (Å²) in [7, 11) is -3.72. The maximum absolute atomic E-state index is 13.5. The summed E-state index contributed by atoms with van der Waals surface area (Å²) in [6, 6.07) is 7.49. The Labute approximate surface area is 263 Å². The van der Waals surface area contributed by atoms with Gasteiger partial charge in [-0.25, -0.2) is 13.2 Å². The average Bonchev–Trinajstić information content (AvgIpc) is 3.01. The van der Waals surface area contributed by atoms with Crippen LogP contribution in [-0.2, 0) is 20.8 Å². The highest BCUT2D eigenvalue weighted by Gasteiger charge is 2.35. The number of urea groups is 1. The maximum atomic E-state index is 13.5. The zero-order valence-electron chi connectivity index (χ0n) is 24.5. The van der Waals surface area contributed by atoms with Gasteiger partial charge >= 0.3 is 12.2 Å². The molecule has 1 heterocycles. The molecule has 45 heavy (non-hydrogen) atoms. The van der Waals surface area contributed by atoms with Gasteiger partial charge in [-0.3, -0.25) is 9.59 Å². The lowest BCUT2D eigenvalue weighted by molar-refractivity contribution is -0.137. The zero-order valence-corrected chi connectivity index (χ0v) is 26.2. The van der Waals surface area contributed by atoms with Crippen LogP contribution in [0, 0.1) is 5.92 Å². The topological polar surface area (TPSA) is 157 Å². The smallest absolute Gasteiger partial charge is 0.393 e. The number of thioether (sulfide) groups is 1. The molecular formula is C29H36F3N5O6S2. The molecule has 0 spiro atoms. The SMILES string of the molecule is CSc1ccc(S(=O)(=O)C[C@@H]2CC[C@@H](O)C[C@@H]2NC(=O)CNC(=O)c2cc(C(F)(F)F)ccc2NC(=O)N2CCNCC2)cc1. The molecule has 246 valence electrons. The molecule has 1 saturated carbocycles. The van der Waals surface area contributed by atoms with Crippen LogP contribution in [0.25, 0.3) is 0 Å². The fraction of sp³-hybridized carbons (Fsp3) is 0.483. The largest absolute Gasteiger partial charge is 0.416 e. The van der Waals surface area contributed by atoms with Gasteiger partial charge in [-0.15, -0.1) is 11.8 Å². The van der Waals surface area contributed by atoms with Crippen molar-refractivity contribution >= 4 is 45.1 Å². The molecule has 0 radical (unpaired) electrons. The lowest BCUT2D eigenvalue weighted by atomic mass is 9.84. The number of carbonyl (C=O) groups is 3. The first kappa shape index (κ1) is 34.5. The molecule has 5 N–H and O–H groups in total. The molecule has 3 atom stereocenters. The van der Waals surface area contributed by atoms with E-state index >= 15 is 0 Å². The van der Waals surface area contributed by atoms with Crippen LogP contribution >= 0.6 is 11.8 Å². The molecule has 16 heteroatoms. The van der Waals surface area contributed by atoms with Crippen molar-refractivity contribution in [1.29, 1.82) is 0 Å². The number of nitrogens with zero attached hydrogens (tertiary/aromatic N) is 1. The van der Waals surface area contributed by atoms with Crippen molar-refractivity contribution in [3.63, 3.8) is 0 Å². The van der Waals surface area contributed by atoms with E-state index in [-0.39, 0.29) is 22.8 Å². The molecule has 0 unspecified atom stereocenters. The second kappa shape index (κ2) is 14.8. The highest BCUT2D eigenvalue weighted by molar-refractivity contribution is 7.98. The Balaban J connectivity index is 1.43. The first-order valence-corrected chi connectivity index (χ1v) is 17.2. The second-order valence-electron chi connectivity index (χ2n) is 11.0. The minimum absolute atomic E-state index is 0.0983. The van der Waals surface area contributed by atoms with Gasteiger partial charge in [0.2, 0.25) is 5.91 Å². The monoisotopic (exact) mass is 671 g/mol. The molecule has 1 saturated heterocycles. The number of halogens is 3. The summed E-state index contributed by atoms with van der Waals surface area (Å²) in [4.78, 5) is 41.1. The van der Waals surface area contributed by atoms with Gasteiger partial charge in [0.1, 0.15) is 0 Å². The van der Waals surface area contributed by atoms with Gasteiger partial charge in [-0.05, 0) is 73.9 Å². The lowest BCUT2D eigenvalue weighted by Crippen LogP contribution is -2.50. The number of hydrogen-bond acceptors (Lipinski definition) is 8. The quantitative estimate of drug-likeness (QED) is 0.255. The molecule has 2 fully saturated rings. The first-order chi connectivity index (χ1) is 21.3. The number of anilines is 1. The third-order valence-corrected chi connectivity index (χ3v) is 10.4. The van der Waals surface area contributed by atoms with Gasteiger partial charge in [-0.1, -0.05) is 0 Å². The Bertz CT molecular complexity index is 1480. The molecular weight excluding hydrogens is 635 g/mol. The predicted octanol–water partition coefficient (Wildman–Crippen LogP) is 2.71. The van der Waals surface area contributed by atoms with E-state index in [1.807, 2.05) is 6.26 Å². The maximum Gasteiger partial charge on any atom is 0.416 e. The molecule has 4 rings (SSSR count). The molecule has 0 bridgehead atoms. The number of rotatable bonds is 9. The van der Waals surface area contributed by atoms with Gasteiger partial charge < -0.3 is 31.3 Å². The number of nitrogens with one attached hydrogen (secondary N) is 4. The standard InChI is InChI=1S/C29H36F3N5O6S2/c1-44-21-5-7-22(8-6-21)45(42,43)17-18-2-4-20(38)15-25(18)35-26(39)16-34-27(40)23-14-19(29(30,31)32)3-9-24(23)36-28(41)37-12-10-33-11-13-37/h3,5-9,14,18,20,25,33,38H,2,4,10-13,15-17H2,1H3,(H,34,40)(H,35,39)(H,36,41)/t18-,20+,25-/m0/s1. The minimum atomic E-state index is -4.76. The van der Waals surface area contributed by atoms with E-state index in [1.54, 1.807) is 12.1 Å². The molecule has 2 aliphatic rings. The zero-order chi connectivity index (χ0) is 32.8. The van der Waals surface area contributed by atoms with Crippen molar-refractivity contribution in [3.8, 4) is 0 Å². The Hall–Kier alpha value is -3.34. The summed E-state index contributed by atoms with van der Waals surface area (Å²) in [5, 5.41) is 20.8. The molecule has 0 aromatic heterocycles. The van der Waals surface area contributed by atoms with Gasteiger partial charge in [-0.2, -0.15) is 13.2 Å². The highest BCUT2D eigenvalue weighted by Crippen LogP contribution is 2.32. The van der Waals surface area contributed by atoms with Gasteiger partial charge in [0, 0.05) is 37.1 Å². The average molecular weight is 672 g/mol. The number of benzene rings is 2. The van der Waals surface area contributed by atoms with Crippen LogP contribution < -0.4 is 21.3 Å². The van der Waals surface area contributed by atoms with E-state index < -0.39 is 69.6 Å². The highest BCUT2D eigenvalue weighted by atomic mass is 32.2. The first-order valence-electron chi connectivity index (χ1n) is 14.4. The van der Waals surface area contributed by atoms with Crippen LogP contribution in [0.5, 0.6) is 0 Å². The Morgan fingerprint density at radius 3 is 2.40 bits per heavy atom. The van der Waals surface area contributed by atoms with Crippen molar-refractivity contribution < 1.29 is 41.1 Å². The minimum Gasteiger partial charge on any atom is -0.393 e. The molecule has 2 aromatic carbocycles.